The molecule has 51 heavy (non-hydrogen) atoms. The molecular weight excluding hydrogens is 635 g/mol. The van der Waals surface area contributed by atoms with Gasteiger partial charge in [-0.3, -0.25) is 0 Å². The van der Waals surface area contributed by atoms with Crippen molar-refractivity contribution < 1.29 is 0 Å². The topological polar surface area (TPSA) is 3.24 Å². The molecule has 4 fully saturated rings. The first-order chi connectivity index (χ1) is 25.0. The smallest absolute Gasteiger partial charge is 0.0543 e. The number of rotatable bonds is 3. The van der Waals surface area contributed by atoms with Crippen LogP contribution in [-0.4, -0.2) is 0 Å². The molecule has 7 aromatic rings. The van der Waals surface area contributed by atoms with Crippen LogP contribution in [-0.2, 0) is 10.8 Å². The number of hydrogen-bond acceptors (Lipinski definition) is 2. The lowest BCUT2D eigenvalue weighted by molar-refractivity contribution is -0.0399. The molecule has 0 N–H and O–H groups in total. The van der Waals surface area contributed by atoms with Crippen LogP contribution < -0.4 is 4.90 Å². The van der Waals surface area contributed by atoms with Gasteiger partial charge >= 0.3 is 0 Å². The zero-order valence-electron chi connectivity index (χ0n) is 29.3. The Hall–Kier alpha value is -4.66. The highest BCUT2D eigenvalue weighted by Gasteiger charge is 2.61. The first-order valence-electron chi connectivity index (χ1n) is 19.2. The largest absolute Gasteiger partial charge is 0.310 e. The van der Waals surface area contributed by atoms with E-state index >= 15 is 0 Å². The molecule has 248 valence electrons. The van der Waals surface area contributed by atoms with Crippen LogP contribution in [0, 0.1) is 23.7 Å². The van der Waals surface area contributed by atoms with Crippen molar-refractivity contribution in [3.05, 3.63) is 150 Å². The quantitative estimate of drug-likeness (QED) is 0.180. The van der Waals surface area contributed by atoms with Gasteiger partial charge in [-0.1, -0.05) is 105 Å². The van der Waals surface area contributed by atoms with Gasteiger partial charge in [0.2, 0.25) is 0 Å². The molecule has 0 saturated heterocycles. The summed E-state index contributed by atoms with van der Waals surface area (Å²) in [6.45, 7) is 4.77. The number of fused-ring (bicyclic) bond motifs is 9. The van der Waals surface area contributed by atoms with Crippen molar-refractivity contribution in [1.82, 2.24) is 0 Å². The van der Waals surface area contributed by atoms with Crippen LogP contribution in [0.4, 0.5) is 17.1 Å². The fraction of sp³-hybridized carbons (Fsp3) is 0.265. The van der Waals surface area contributed by atoms with E-state index in [4.69, 9.17) is 0 Å². The summed E-state index contributed by atoms with van der Waals surface area (Å²) >= 11 is 1.91. The van der Waals surface area contributed by atoms with E-state index in [9.17, 15) is 0 Å². The van der Waals surface area contributed by atoms with Crippen LogP contribution in [0.1, 0.15) is 68.2 Å². The summed E-state index contributed by atoms with van der Waals surface area (Å²) in [6.07, 6.45) is 7.08. The van der Waals surface area contributed by atoms with Gasteiger partial charge in [-0.2, -0.15) is 0 Å². The Morgan fingerprint density at radius 1 is 0.510 bits per heavy atom. The van der Waals surface area contributed by atoms with Crippen LogP contribution in [0.2, 0.25) is 0 Å². The number of thiophene rings is 1. The van der Waals surface area contributed by atoms with Crippen LogP contribution in [0.25, 0.3) is 42.4 Å². The highest BCUT2D eigenvalue weighted by molar-refractivity contribution is 7.25. The summed E-state index contributed by atoms with van der Waals surface area (Å²) in [5.41, 5.74) is 15.6. The highest BCUT2D eigenvalue weighted by atomic mass is 32.1. The van der Waals surface area contributed by atoms with Gasteiger partial charge in [0.25, 0.3) is 0 Å². The van der Waals surface area contributed by atoms with Gasteiger partial charge in [0.1, 0.15) is 0 Å². The van der Waals surface area contributed by atoms with E-state index in [1.54, 1.807) is 11.1 Å². The van der Waals surface area contributed by atoms with Gasteiger partial charge in [-0.15, -0.1) is 11.3 Å². The van der Waals surface area contributed by atoms with Gasteiger partial charge in [-0.25, -0.2) is 0 Å². The van der Waals surface area contributed by atoms with Crippen LogP contribution in [0.5, 0.6) is 0 Å². The molecule has 4 saturated carbocycles. The predicted octanol–water partition coefficient (Wildman–Crippen LogP) is 13.6. The van der Waals surface area contributed by atoms with Gasteiger partial charge in [0.15, 0.2) is 0 Å². The van der Waals surface area contributed by atoms with Crippen molar-refractivity contribution in [3.8, 4) is 22.3 Å². The van der Waals surface area contributed by atoms with Crippen molar-refractivity contribution >= 4 is 48.6 Å². The van der Waals surface area contributed by atoms with E-state index in [1.165, 1.54) is 103 Å². The minimum Gasteiger partial charge on any atom is -0.310 e. The third-order valence-electron chi connectivity index (χ3n) is 14.2. The summed E-state index contributed by atoms with van der Waals surface area (Å²) in [7, 11) is 0. The van der Waals surface area contributed by atoms with Crippen LogP contribution in [0.15, 0.2) is 127 Å². The predicted molar refractivity (Wildman–Crippen MR) is 215 cm³/mol. The molecule has 0 aliphatic heterocycles. The van der Waals surface area contributed by atoms with E-state index in [-0.39, 0.29) is 10.8 Å². The zero-order valence-corrected chi connectivity index (χ0v) is 30.1. The Bertz CT molecular complexity index is 2570. The van der Waals surface area contributed by atoms with E-state index in [2.05, 4.69) is 146 Å². The molecule has 1 heterocycles. The molecule has 13 rings (SSSR count). The average molecular weight is 676 g/mol. The molecule has 6 aromatic carbocycles. The first-order valence-corrected chi connectivity index (χ1v) is 20.0. The Labute approximate surface area is 304 Å². The van der Waals surface area contributed by atoms with Crippen LogP contribution in [0.3, 0.4) is 0 Å². The summed E-state index contributed by atoms with van der Waals surface area (Å²) < 4.78 is 2.70. The minimum atomic E-state index is -0.0238. The SMILES string of the molecule is CC1(C)c2ccccc2-c2cc(N(c3ccc4c(c3)sc3ccccc34)c3cccc4c3-c3ccccc3C43C4CC5CC(C4)CC3C5)ccc21. The normalized spacial score (nSPS) is 25.7. The molecule has 1 aromatic heterocycles. The molecule has 0 radical (unpaired) electrons. The van der Waals surface area contributed by atoms with Crippen molar-refractivity contribution in [3.63, 3.8) is 0 Å². The summed E-state index contributed by atoms with van der Waals surface area (Å²) in [5, 5.41) is 2.70. The first kappa shape index (κ1) is 29.0. The maximum absolute atomic E-state index is 2.61. The molecule has 1 spiro atoms. The Balaban J connectivity index is 1.13. The summed E-state index contributed by atoms with van der Waals surface area (Å²) in [5.74, 6) is 3.35. The summed E-state index contributed by atoms with van der Waals surface area (Å²) in [6, 6.07) is 49.4. The van der Waals surface area contributed by atoms with Gasteiger partial charge in [-0.05, 0) is 131 Å². The van der Waals surface area contributed by atoms with E-state index < -0.39 is 0 Å². The van der Waals surface area contributed by atoms with E-state index in [1.807, 2.05) is 11.3 Å². The van der Waals surface area contributed by atoms with Crippen molar-refractivity contribution in [2.45, 2.75) is 56.8 Å². The zero-order chi connectivity index (χ0) is 33.6. The molecule has 6 aliphatic rings. The van der Waals surface area contributed by atoms with Crippen molar-refractivity contribution in [2.75, 3.05) is 4.90 Å². The van der Waals surface area contributed by atoms with Crippen molar-refractivity contribution in [1.29, 1.82) is 0 Å². The number of hydrogen-bond donors (Lipinski definition) is 0. The fourth-order valence-electron chi connectivity index (χ4n) is 12.5. The van der Waals surface area contributed by atoms with Crippen molar-refractivity contribution in [2.24, 2.45) is 23.7 Å². The fourth-order valence-corrected chi connectivity index (χ4v) is 13.6. The molecule has 2 heteroatoms. The minimum absolute atomic E-state index is 0.0238. The number of nitrogens with zero attached hydrogens (tertiary/aromatic N) is 1. The molecule has 0 amide bonds. The molecule has 1 nitrogen and oxygen atoms in total. The molecular formula is C49H41NS. The average Bonchev–Trinajstić information content (AvgIpc) is 3.75. The van der Waals surface area contributed by atoms with E-state index in [0.717, 1.165) is 23.7 Å². The van der Waals surface area contributed by atoms with Gasteiger partial charge in [0, 0.05) is 47.9 Å². The maximum atomic E-state index is 2.61. The second-order valence-corrected chi connectivity index (χ2v) is 18.0. The van der Waals surface area contributed by atoms with Crippen LogP contribution >= 0.6 is 11.3 Å². The second-order valence-electron chi connectivity index (χ2n) is 16.9. The molecule has 0 unspecified atom stereocenters. The maximum Gasteiger partial charge on any atom is 0.0543 e. The second kappa shape index (κ2) is 10.0. The molecule has 6 aliphatic carbocycles. The molecule has 4 bridgehead atoms. The number of anilines is 3. The van der Waals surface area contributed by atoms with Gasteiger partial charge in [0.05, 0.1) is 5.69 Å². The van der Waals surface area contributed by atoms with Gasteiger partial charge < -0.3 is 4.90 Å². The lowest BCUT2D eigenvalue weighted by Crippen LogP contribution is -2.55. The van der Waals surface area contributed by atoms with E-state index in [0.29, 0.717) is 0 Å². The Kier molecular flexibility index (Phi) is 5.69. The Morgan fingerprint density at radius 3 is 1.96 bits per heavy atom. The highest BCUT2D eigenvalue weighted by Crippen LogP contribution is 2.70. The number of benzene rings is 6. The Morgan fingerprint density at radius 2 is 1.14 bits per heavy atom. The third kappa shape index (κ3) is 3.67. The lowest BCUT2D eigenvalue weighted by Gasteiger charge is -2.61. The lowest BCUT2D eigenvalue weighted by atomic mass is 9.43. The standard InChI is InChI=1S/C49H41NS/c1-48(2)40-13-6-3-10-35(40)39-27-33(19-21-41(39)48)50(34-18-20-37-36-11-5-8-17-45(36)51-46(37)28-34)44-16-9-15-43-47(44)38-12-4-7-14-42(38)49(43)31-23-29-22-30(25-31)26-32(49)24-29/h3-21,27-32H,22-26H2,1-2H3. The molecule has 0 atom stereocenters. The monoisotopic (exact) mass is 675 g/mol. The summed E-state index contributed by atoms with van der Waals surface area (Å²) in [4.78, 5) is 2.61. The third-order valence-corrected chi connectivity index (χ3v) is 15.4.